The van der Waals surface area contributed by atoms with Crippen LogP contribution >= 0.6 is 0 Å². The maximum absolute atomic E-state index is 12.9. The molecule has 0 saturated carbocycles. The van der Waals surface area contributed by atoms with E-state index in [0.29, 0.717) is 18.1 Å². The zero-order valence-corrected chi connectivity index (χ0v) is 16.9. The van der Waals surface area contributed by atoms with E-state index >= 15 is 0 Å². The molecule has 1 heterocycles. The molecular weight excluding hydrogens is 364 g/mol. The molecule has 1 aromatic carbocycles. The molecule has 146 valence electrons. The first-order valence-electron chi connectivity index (χ1n) is 8.72. The third-order valence-electron chi connectivity index (χ3n) is 3.60. The van der Waals surface area contributed by atoms with Gasteiger partial charge in [0.25, 0.3) is 10.0 Å². The molecule has 2 aromatic rings. The Hall–Kier alpha value is -2.61. The molecule has 0 radical (unpaired) electrons. The number of amides is 1. The van der Waals surface area contributed by atoms with Crippen molar-refractivity contribution in [2.75, 3.05) is 22.7 Å². The van der Waals surface area contributed by atoms with Crippen LogP contribution in [0.2, 0.25) is 0 Å². The van der Waals surface area contributed by atoms with Crippen LogP contribution in [0.4, 0.5) is 11.5 Å². The smallest absolute Gasteiger partial charge is 0.265 e. The lowest BCUT2D eigenvalue weighted by atomic mass is 10.1. The number of nitrogens with one attached hydrogen (secondary N) is 2. The van der Waals surface area contributed by atoms with Gasteiger partial charge in [0.05, 0.1) is 12.2 Å². The normalized spacial score (nSPS) is 11.7. The van der Waals surface area contributed by atoms with Crippen molar-refractivity contribution in [1.82, 2.24) is 10.3 Å². The van der Waals surface area contributed by atoms with Crippen LogP contribution in [0.5, 0.6) is 0 Å². The molecule has 2 N–H and O–H groups in total. The van der Waals surface area contributed by atoms with Crippen LogP contribution in [-0.4, -0.2) is 37.9 Å². The van der Waals surface area contributed by atoms with Gasteiger partial charge < -0.3 is 10.6 Å². The molecule has 0 fully saturated rings. The maximum atomic E-state index is 12.9. The molecule has 1 aromatic heterocycles. The Kier molecular flexibility index (Phi) is 6.43. The number of aromatic nitrogens is 1. The van der Waals surface area contributed by atoms with Crippen LogP contribution < -0.4 is 14.9 Å². The molecule has 0 saturated heterocycles. The molecule has 0 spiro atoms. The van der Waals surface area contributed by atoms with Crippen molar-refractivity contribution in [2.24, 2.45) is 0 Å². The Bertz CT molecular complexity index is 860. The van der Waals surface area contributed by atoms with Crippen LogP contribution in [0.3, 0.4) is 0 Å². The topological polar surface area (TPSA) is 91.4 Å². The van der Waals surface area contributed by atoms with Crippen LogP contribution in [0.1, 0.15) is 27.7 Å². The van der Waals surface area contributed by atoms with Crippen molar-refractivity contribution in [1.29, 1.82) is 0 Å². The van der Waals surface area contributed by atoms with E-state index in [2.05, 4.69) is 15.6 Å². The molecule has 0 aliphatic heterocycles. The van der Waals surface area contributed by atoms with Gasteiger partial charge in [-0.3, -0.25) is 9.10 Å². The fourth-order valence-electron chi connectivity index (χ4n) is 2.48. The van der Waals surface area contributed by atoms with Gasteiger partial charge in [0.15, 0.2) is 0 Å². The number of carbonyl (C=O) groups is 1. The minimum absolute atomic E-state index is 0.0570. The predicted octanol–water partition coefficient (Wildman–Crippen LogP) is 2.62. The monoisotopic (exact) mass is 390 g/mol. The van der Waals surface area contributed by atoms with Gasteiger partial charge in [-0.25, -0.2) is 13.4 Å². The van der Waals surface area contributed by atoms with E-state index in [9.17, 15) is 13.2 Å². The molecule has 8 heteroatoms. The minimum Gasteiger partial charge on any atom is -0.361 e. The Morgan fingerprint density at radius 3 is 2.30 bits per heavy atom. The zero-order chi connectivity index (χ0) is 20.1. The third kappa shape index (κ3) is 5.68. The first-order valence-corrected chi connectivity index (χ1v) is 10.2. The number of rotatable bonds is 7. The Morgan fingerprint density at radius 2 is 1.78 bits per heavy atom. The zero-order valence-electron chi connectivity index (χ0n) is 16.1. The largest absolute Gasteiger partial charge is 0.361 e. The second-order valence-electron chi connectivity index (χ2n) is 7.04. The lowest BCUT2D eigenvalue weighted by molar-refractivity contribution is -0.120. The van der Waals surface area contributed by atoms with Crippen molar-refractivity contribution in [3.8, 4) is 0 Å². The molecule has 2 rings (SSSR count). The van der Waals surface area contributed by atoms with Gasteiger partial charge in [0, 0.05) is 18.3 Å². The third-order valence-corrected chi connectivity index (χ3v) is 5.49. The van der Waals surface area contributed by atoms with Gasteiger partial charge in [-0.15, -0.1) is 0 Å². The second kappa shape index (κ2) is 8.39. The number of para-hydroxylation sites is 1. The highest BCUT2D eigenvalue weighted by atomic mass is 32.2. The van der Waals surface area contributed by atoms with E-state index in [1.807, 2.05) is 26.8 Å². The number of hydrogen-bond donors (Lipinski definition) is 2. The summed E-state index contributed by atoms with van der Waals surface area (Å²) in [4.78, 5) is 16.1. The quantitative estimate of drug-likeness (QED) is 0.758. The highest BCUT2D eigenvalue weighted by Crippen LogP contribution is 2.23. The summed E-state index contributed by atoms with van der Waals surface area (Å²) < 4.78 is 27.1. The van der Waals surface area contributed by atoms with Gasteiger partial charge in [-0.05, 0) is 52.0 Å². The van der Waals surface area contributed by atoms with Crippen molar-refractivity contribution in [2.45, 2.75) is 38.1 Å². The summed E-state index contributed by atoms with van der Waals surface area (Å²) in [5.41, 5.74) is 0.284. The predicted molar refractivity (Wildman–Crippen MR) is 107 cm³/mol. The first kappa shape index (κ1) is 20.7. The van der Waals surface area contributed by atoms with Crippen molar-refractivity contribution in [3.05, 3.63) is 48.7 Å². The molecule has 27 heavy (non-hydrogen) atoms. The average Bonchev–Trinajstić information content (AvgIpc) is 2.60. The van der Waals surface area contributed by atoms with E-state index < -0.39 is 10.0 Å². The van der Waals surface area contributed by atoms with Crippen LogP contribution in [0.15, 0.2) is 53.6 Å². The number of nitrogens with zero attached hydrogens (tertiary/aromatic N) is 2. The molecule has 0 unspecified atom stereocenters. The van der Waals surface area contributed by atoms with Crippen LogP contribution in [-0.2, 0) is 14.8 Å². The summed E-state index contributed by atoms with van der Waals surface area (Å²) >= 11 is 0. The van der Waals surface area contributed by atoms with Gasteiger partial charge in [-0.2, -0.15) is 0 Å². The molecule has 7 nitrogen and oxygen atoms in total. The van der Waals surface area contributed by atoms with Crippen molar-refractivity contribution < 1.29 is 13.2 Å². The maximum Gasteiger partial charge on any atom is 0.265 e. The highest BCUT2D eigenvalue weighted by molar-refractivity contribution is 7.92. The molecule has 0 atom stereocenters. The number of benzene rings is 1. The lowest BCUT2D eigenvalue weighted by Crippen LogP contribution is -2.43. The summed E-state index contributed by atoms with van der Waals surface area (Å²) in [7, 11) is -3.71. The molecule has 1 amide bonds. The molecule has 0 aliphatic carbocycles. The van der Waals surface area contributed by atoms with E-state index in [4.69, 9.17) is 0 Å². The standard InChI is InChI=1S/C19H26N4O3S/c1-5-23(15-9-7-6-8-10-15)27(25,26)16-11-12-17(20-13-16)21-14-18(24)22-19(2,3)4/h6-13H,5,14H2,1-4H3,(H,20,21)(H,22,24). The Morgan fingerprint density at radius 1 is 1.11 bits per heavy atom. The average molecular weight is 391 g/mol. The summed E-state index contributed by atoms with van der Waals surface area (Å²) in [5, 5.41) is 5.72. The first-order chi connectivity index (χ1) is 12.6. The van der Waals surface area contributed by atoms with Gasteiger partial charge in [0.2, 0.25) is 5.91 Å². The molecular formula is C19H26N4O3S. The molecule has 0 aliphatic rings. The second-order valence-corrected chi connectivity index (χ2v) is 8.90. The number of pyridine rings is 1. The van der Waals surface area contributed by atoms with Crippen LogP contribution in [0, 0.1) is 0 Å². The van der Waals surface area contributed by atoms with E-state index in [0.717, 1.165) is 0 Å². The number of sulfonamides is 1. The van der Waals surface area contributed by atoms with E-state index in [1.54, 1.807) is 37.3 Å². The van der Waals surface area contributed by atoms with Gasteiger partial charge >= 0.3 is 0 Å². The SMILES string of the molecule is CCN(c1ccccc1)S(=O)(=O)c1ccc(NCC(=O)NC(C)(C)C)nc1. The number of anilines is 2. The number of carbonyl (C=O) groups excluding carboxylic acids is 1. The van der Waals surface area contributed by atoms with Crippen molar-refractivity contribution in [3.63, 3.8) is 0 Å². The molecule has 0 bridgehead atoms. The fraction of sp³-hybridized carbons (Fsp3) is 0.368. The summed E-state index contributed by atoms with van der Waals surface area (Å²) in [6.07, 6.45) is 1.30. The number of hydrogen-bond acceptors (Lipinski definition) is 5. The Balaban J connectivity index is 2.10. The highest BCUT2D eigenvalue weighted by Gasteiger charge is 2.23. The fourth-order valence-corrected chi connectivity index (χ4v) is 3.90. The van der Waals surface area contributed by atoms with E-state index in [1.165, 1.54) is 16.6 Å². The summed E-state index contributed by atoms with van der Waals surface area (Å²) in [6.45, 7) is 7.83. The summed E-state index contributed by atoms with van der Waals surface area (Å²) in [6, 6.07) is 12.0. The Labute approximate surface area is 160 Å². The van der Waals surface area contributed by atoms with Crippen molar-refractivity contribution >= 4 is 27.4 Å². The lowest BCUT2D eigenvalue weighted by Gasteiger charge is -2.23. The summed E-state index contributed by atoms with van der Waals surface area (Å²) in [5.74, 6) is 0.267. The van der Waals surface area contributed by atoms with Gasteiger partial charge in [0.1, 0.15) is 10.7 Å². The minimum atomic E-state index is -3.71. The van der Waals surface area contributed by atoms with Gasteiger partial charge in [-0.1, -0.05) is 18.2 Å². The van der Waals surface area contributed by atoms with E-state index in [-0.39, 0.29) is 22.9 Å². The van der Waals surface area contributed by atoms with Crippen LogP contribution in [0.25, 0.3) is 0 Å².